The molecule has 3 nitrogen and oxygen atoms in total. The molecule has 0 saturated heterocycles. The molecular formula is C14H21NO2S2. The van der Waals surface area contributed by atoms with E-state index in [1.165, 1.54) is 11.3 Å². The van der Waals surface area contributed by atoms with Gasteiger partial charge in [0, 0.05) is 5.25 Å². The van der Waals surface area contributed by atoms with Crippen LogP contribution < -0.4 is 5.32 Å². The summed E-state index contributed by atoms with van der Waals surface area (Å²) < 4.78 is 6.34. The molecule has 1 saturated carbocycles. The average molecular weight is 299 g/mol. The molecule has 0 radical (unpaired) electrons. The number of ether oxygens (including phenoxy) is 1. The first-order chi connectivity index (χ1) is 9.20. The highest BCUT2D eigenvalue weighted by Crippen LogP contribution is 2.42. The highest BCUT2D eigenvalue weighted by Gasteiger charge is 2.46. The van der Waals surface area contributed by atoms with E-state index >= 15 is 0 Å². The number of nitrogens with one attached hydrogen (secondary N) is 1. The number of carbonyl (C=O) groups excluding carboxylic acids is 1. The smallest absolute Gasteiger partial charge is 0.326 e. The third-order valence-electron chi connectivity index (χ3n) is 3.54. The fourth-order valence-corrected chi connectivity index (χ4v) is 4.91. The van der Waals surface area contributed by atoms with Crippen LogP contribution >= 0.6 is 23.1 Å². The Hall–Kier alpha value is -0.520. The van der Waals surface area contributed by atoms with Gasteiger partial charge in [0.15, 0.2) is 0 Å². The van der Waals surface area contributed by atoms with Gasteiger partial charge in [0.25, 0.3) is 0 Å². The predicted octanol–water partition coefficient (Wildman–Crippen LogP) is 3.30. The molecule has 2 atom stereocenters. The van der Waals surface area contributed by atoms with Gasteiger partial charge in [-0.3, -0.25) is 4.79 Å². The lowest BCUT2D eigenvalue weighted by Crippen LogP contribution is -2.51. The summed E-state index contributed by atoms with van der Waals surface area (Å²) in [6, 6.07) is 4.22. The average Bonchev–Trinajstić information content (AvgIpc) is 3.07. The third-order valence-corrected chi connectivity index (χ3v) is 5.88. The van der Waals surface area contributed by atoms with Crippen molar-refractivity contribution in [2.45, 2.75) is 47.6 Å². The van der Waals surface area contributed by atoms with Crippen LogP contribution in [0.25, 0.3) is 0 Å². The highest BCUT2D eigenvalue weighted by molar-refractivity contribution is 8.01. The molecule has 0 amide bonds. The molecule has 2 rings (SSSR count). The number of thiophene rings is 1. The lowest BCUT2D eigenvalue weighted by molar-refractivity contribution is -0.148. The Morgan fingerprint density at radius 1 is 1.68 bits per heavy atom. The normalized spacial score (nSPS) is 26.5. The topological polar surface area (TPSA) is 38.3 Å². The van der Waals surface area contributed by atoms with Gasteiger partial charge in [0.2, 0.25) is 0 Å². The molecule has 1 aromatic heterocycles. The first-order valence-electron chi connectivity index (χ1n) is 6.74. The quantitative estimate of drug-likeness (QED) is 0.818. The molecule has 5 heteroatoms. The summed E-state index contributed by atoms with van der Waals surface area (Å²) in [6.07, 6.45) is 3.83. The van der Waals surface area contributed by atoms with Gasteiger partial charge < -0.3 is 10.1 Å². The Morgan fingerprint density at radius 3 is 3.16 bits per heavy atom. The van der Waals surface area contributed by atoms with Gasteiger partial charge in [-0.25, -0.2) is 0 Å². The molecule has 19 heavy (non-hydrogen) atoms. The summed E-state index contributed by atoms with van der Waals surface area (Å²) in [7, 11) is 1.48. The van der Waals surface area contributed by atoms with Crippen LogP contribution in [0.15, 0.2) is 21.7 Å². The Kier molecular flexibility index (Phi) is 5.30. The van der Waals surface area contributed by atoms with E-state index < -0.39 is 5.54 Å². The van der Waals surface area contributed by atoms with Crippen LogP contribution in [0, 0.1) is 0 Å². The highest BCUT2D eigenvalue weighted by atomic mass is 32.2. The van der Waals surface area contributed by atoms with Gasteiger partial charge in [0.05, 0.1) is 11.3 Å². The van der Waals surface area contributed by atoms with Crippen molar-refractivity contribution in [3.8, 4) is 0 Å². The van der Waals surface area contributed by atoms with Gasteiger partial charge in [0.1, 0.15) is 5.54 Å². The molecule has 0 spiro atoms. The van der Waals surface area contributed by atoms with Gasteiger partial charge in [-0.2, -0.15) is 0 Å². The SMILES string of the molecule is CCCNC1(C(=O)OC)CCC(Sc2cccs2)C1. The fraction of sp³-hybridized carbons (Fsp3) is 0.643. The molecular weight excluding hydrogens is 278 g/mol. The third kappa shape index (κ3) is 3.52. The number of hydrogen-bond acceptors (Lipinski definition) is 5. The molecule has 1 fully saturated rings. The van der Waals surface area contributed by atoms with Crippen molar-refractivity contribution in [3.63, 3.8) is 0 Å². The fourth-order valence-electron chi connectivity index (χ4n) is 2.57. The van der Waals surface area contributed by atoms with Crippen LogP contribution in [0.5, 0.6) is 0 Å². The molecule has 1 N–H and O–H groups in total. The largest absolute Gasteiger partial charge is 0.468 e. The Balaban J connectivity index is 2.00. The van der Waals surface area contributed by atoms with Crippen molar-refractivity contribution >= 4 is 29.1 Å². The molecule has 1 aliphatic carbocycles. The van der Waals surface area contributed by atoms with Crippen molar-refractivity contribution in [1.29, 1.82) is 0 Å². The van der Waals surface area contributed by atoms with Gasteiger partial charge in [-0.1, -0.05) is 13.0 Å². The summed E-state index contributed by atoms with van der Waals surface area (Å²) in [5.41, 5.74) is -0.459. The second kappa shape index (κ2) is 6.77. The zero-order valence-corrected chi connectivity index (χ0v) is 13.1. The molecule has 1 heterocycles. The van der Waals surface area contributed by atoms with E-state index in [1.54, 1.807) is 11.3 Å². The molecule has 0 aromatic carbocycles. The number of esters is 1. The molecule has 1 aromatic rings. The van der Waals surface area contributed by atoms with Crippen LogP contribution in [0.1, 0.15) is 32.6 Å². The maximum Gasteiger partial charge on any atom is 0.326 e. The minimum Gasteiger partial charge on any atom is -0.468 e. The van der Waals surface area contributed by atoms with Crippen molar-refractivity contribution in [2.75, 3.05) is 13.7 Å². The minimum atomic E-state index is -0.459. The monoisotopic (exact) mass is 299 g/mol. The lowest BCUT2D eigenvalue weighted by atomic mass is 9.97. The van der Waals surface area contributed by atoms with E-state index in [0.717, 1.165) is 32.2 Å². The van der Waals surface area contributed by atoms with Gasteiger partial charge >= 0.3 is 5.97 Å². The molecule has 0 aliphatic heterocycles. The second-order valence-corrected chi connectivity index (χ2v) is 7.46. The zero-order valence-electron chi connectivity index (χ0n) is 11.5. The van der Waals surface area contributed by atoms with Crippen LogP contribution in [0.4, 0.5) is 0 Å². The van der Waals surface area contributed by atoms with E-state index in [4.69, 9.17) is 4.74 Å². The van der Waals surface area contributed by atoms with E-state index in [1.807, 2.05) is 11.8 Å². The van der Waals surface area contributed by atoms with Crippen molar-refractivity contribution in [2.24, 2.45) is 0 Å². The first kappa shape index (κ1) is 14.9. The maximum absolute atomic E-state index is 12.1. The van der Waals surface area contributed by atoms with Crippen LogP contribution in [-0.2, 0) is 9.53 Å². The van der Waals surface area contributed by atoms with Crippen molar-refractivity contribution < 1.29 is 9.53 Å². The summed E-state index contributed by atoms with van der Waals surface area (Å²) in [5, 5.41) is 6.02. The molecule has 0 bridgehead atoms. The number of carbonyl (C=O) groups is 1. The summed E-state index contributed by atoms with van der Waals surface area (Å²) in [4.78, 5) is 12.1. The standard InChI is InChI=1S/C14H21NO2S2/c1-3-8-15-14(13(16)17-2)7-6-11(10-14)19-12-5-4-9-18-12/h4-5,9,11,15H,3,6-8,10H2,1-2H3. The molecule has 106 valence electrons. The Labute approximate surface area is 123 Å². The first-order valence-corrected chi connectivity index (χ1v) is 8.50. The second-order valence-electron chi connectivity index (χ2n) is 4.92. The van der Waals surface area contributed by atoms with Crippen LogP contribution in [-0.4, -0.2) is 30.4 Å². The molecule has 1 aliphatic rings. The van der Waals surface area contributed by atoms with E-state index in [0.29, 0.717) is 5.25 Å². The van der Waals surface area contributed by atoms with Crippen LogP contribution in [0.3, 0.4) is 0 Å². The lowest BCUT2D eigenvalue weighted by Gasteiger charge is -2.27. The number of rotatable bonds is 6. The number of methoxy groups -OCH3 is 1. The minimum absolute atomic E-state index is 0.102. The summed E-state index contributed by atoms with van der Waals surface area (Å²) in [6.45, 7) is 2.98. The Morgan fingerprint density at radius 2 is 2.53 bits per heavy atom. The van der Waals surface area contributed by atoms with Crippen LogP contribution in [0.2, 0.25) is 0 Å². The van der Waals surface area contributed by atoms with Gasteiger partial charge in [-0.15, -0.1) is 23.1 Å². The number of hydrogen-bond donors (Lipinski definition) is 1. The van der Waals surface area contributed by atoms with Crippen molar-refractivity contribution in [3.05, 3.63) is 17.5 Å². The van der Waals surface area contributed by atoms with E-state index in [9.17, 15) is 4.79 Å². The molecule has 2 unspecified atom stereocenters. The van der Waals surface area contributed by atoms with E-state index in [2.05, 4.69) is 29.8 Å². The van der Waals surface area contributed by atoms with Crippen molar-refractivity contribution in [1.82, 2.24) is 5.32 Å². The maximum atomic E-state index is 12.1. The summed E-state index contributed by atoms with van der Waals surface area (Å²) >= 11 is 3.66. The number of thioether (sulfide) groups is 1. The Bertz CT molecular complexity index is 408. The predicted molar refractivity (Wildman–Crippen MR) is 80.9 cm³/mol. The summed E-state index contributed by atoms with van der Waals surface area (Å²) in [5.74, 6) is -0.102. The van der Waals surface area contributed by atoms with Gasteiger partial charge in [-0.05, 0) is 43.7 Å². The zero-order chi connectivity index (χ0) is 13.7. The van der Waals surface area contributed by atoms with E-state index in [-0.39, 0.29) is 5.97 Å².